The number of aromatic carboxylic acids is 1. The number of carbonyl (C=O) groups is 1. The average Bonchev–Trinajstić information content (AvgIpc) is 2.81. The second kappa shape index (κ2) is 5.38. The van der Waals surface area contributed by atoms with Crippen molar-refractivity contribution in [2.24, 2.45) is 0 Å². The fourth-order valence-corrected chi connectivity index (χ4v) is 1.46. The van der Waals surface area contributed by atoms with Gasteiger partial charge in [0.2, 0.25) is 11.7 Å². The summed E-state index contributed by atoms with van der Waals surface area (Å²) in [5, 5.41) is 12.6. The number of methoxy groups -OCH3 is 1. The van der Waals surface area contributed by atoms with Crippen LogP contribution in [-0.2, 0) is 6.61 Å². The minimum atomic E-state index is -1.03. The maximum atomic E-state index is 10.8. The third-order valence-corrected chi connectivity index (χ3v) is 2.34. The third-order valence-electron chi connectivity index (χ3n) is 2.34. The smallest absolute Gasteiger partial charge is 0.335 e. The van der Waals surface area contributed by atoms with E-state index in [0.717, 1.165) is 0 Å². The Morgan fingerprint density at radius 2 is 2.21 bits per heavy atom. The number of hydrogen-bond donors (Lipinski definition) is 1. The number of aromatic nitrogens is 2. The van der Waals surface area contributed by atoms with E-state index in [-0.39, 0.29) is 12.2 Å². The fraction of sp³-hybridized carbons (Fsp3) is 0.250. The van der Waals surface area contributed by atoms with Gasteiger partial charge in [0.25, 0.3) is 0 Å². The van der Waals surface area contributed by atoms with Gasteiger partial charge in [0.05, 0.1) is 12.7 Å². The first-order chi connectivity index (χ1) is 9.10. The van der Waals surface area contributed by atoms with E-state index in [0.29, 0.717) is 23.2 Å². The summed E-state index contributed by atoms with van der Waals surface area (Å²) in [6.07, 6.45) is 0. The number of ether oxygens (including phenoxy) is 2. The zero-order chi connectivity index (χ0) is 13.8. The predicted molar refractivity (Wildman–Crippen MR) is 63.3 cm³/mol. The first-order valence-corrected chi connectivity index (χ1v) is 5.43. The van der Waals surface area contributed by atoms with Gasteiger partial charge >= 0.3 is 5.97 Å². The van der Waals surface area contributed by atoms with Crippen molar-refractivity contribution in [3.05, 3.63) is 35.5 Å². The van der Waals surface area contributed by atoms with E-state index in [1.807, 2.05) is 0 Å². The van der Waals surface area contributed by atoms with Gasteiger partial charge in [-0.2, -0.15) is 4.98 Å². The molecule has 0 unspecified atom stereocenters. The number of aryl methyl sites for hydroxylation is 1. The molecule has 19 heavy (non-hydrogen) atoms. The summed E-state index contributed by atoms with van der Waals surface area (Å²) in [6.45, 7) is 1.79. The SMILES string of the molecule is COc1cc(C(=O)O)ccc1OCc1noc(C)n1. The lowest BCUT2D eigenvalue weighted by atomic mass is 10.2. The monoisotopic (exact) mass is 264 g/mol. The third kappa shape index (κ3) is 3.01. The molecule has 2 aromatic rings. The fourth-order valence-electron chi connectivity index (χ4n) is 1.46. The van der Waals surface area contributed by atoms with Gasteiger partial charge in [-0.05, 0) is 18.2 Å². The van der Waals surface area contributed by atoms with E-state index in [9.17, 15) is 4.79 Å². The van der Waals surface area contributed by atoms with Crippen molar-refractivity contribution in [1.82, 2.24) is 10.1 Å². The van der Waals surface area contributed by atoms with Gasteiger partial charge in [-0.15, -0.1) is 0 Å². The first kappa shape index (κ1) is 12.9. The van der Waals surface area contributed by atoms with Gasteiger partial charge < -0.3 is 19.1 Å². The molecule has 7 nitrogen and oxygen atoms in total. The van der Waals surface area contributed by atoms with Crippen LogP contribution in [0.1, 0.15) is 22.1 Å². The van der Waals surface area contributed by atoms with Crippen LogP contribution in [0.15, 0.2) is 22.7 Å². The topological polar surface area (TPSA) is 94.7 Å². The van der Waals surface area contributed by atoms with Crippen LogP contribution in [0.3, 0.4) is 0 Å². The molecule has 0 atom stereocenters. The highest BCUT2D eigenvalue weighted by Crippen LogP contribution is 2.28. The lowest BCUT2D eigenvalue weighted by molar-refractivity contribution is 0.0696. The number of hydrogen-bond acceptors (Lipinski definition) is 6. The van der Waals surface area contributed by atoms with Crippen molar-refractivity contribution >= 4 is 5.97 Å². The van der Waals surface area contributed by atoms with E-state index < -0.39 is 5.97 Å². The Balaban J connectivity index is 2.13. The highest BCUT2D eigenvalue weighted by molar-refractivity contribution is 5.88. The van der Waals surface area contributed by atoms with E-state index in [2.05, 4.69) is 10.1 Å². The highest BCUT2D eigenvalue weighted by atomic mass is 16.5. The number of nitrogens with zero attached hydrogens (tertiary/aromatic N) is 2. The minimum Gasteiger partial charge on any atom is -0.493 e. The van der Waals surface area contributed by atoms with Gasteiger partial charge in [-0.3, -0.25) is 0 Å². The molecule has 0 spiro atoms. The van der Waals surface area contributed by atoms with Crippen molar-refractivity contribution in [1.29, 1.82) is 0 Å². The van der Waals surface area contributed by atoms with Gasteiger partial charge in [-0.25, -0.2) is 4.79 Å². The van der Waals surface area contributed by atoms with Crippen molar-refractivity contribution in [2.45, 2.75) is 13.5 Å². The molecule has 0 bridgehead atoms. The van der Waals surface area contributed by atoms with Gasteiger partial charge in [0.15, 0.2) is 18.1 Å². The molecular weight excluding hydrogens is 252 g/mol. The Hall–Kier alpha value is -2.57. The quantitative estimate of drug-likeness (QED) is 0.877. The molecule has 1 aromatic carbocycles. The maximum Gasteiger partial charge on any atom is 0.335 e. The highest BCUT2D eigenvalue weighted by Gasteiger charge is 2.11. The van der Waals surface area contributed by atoms with E-state index in [1.165, 1.54) is 25.3 Å². The second-order valence-corrected chi connectivity index (χ2v) is 3.69. The average molecular weight is 264 g/mol. The second-order valence-electron chi connectivity index (χ2n) is 3.69. The summed E-state index contributed by atoms with van der Waals surface area (Å²) in [5.74, 6) is 0.572. The van der Waals surface area contributed by atoms with Crippen LogP contribution in [-0.4, -0.2) is 28.3 Å². The molecule has 1 N–H and O–H groups in total. The summed E-state index contributed by atoms with van der Waals surface area (Å²) in [4.78, 5) is 14.8. The minimum absolute atomic E-state index is 0.111. The van der Waals surface area contributed by atoms with E-state index >= 15 is 0 Å². The molecule has 1 heterocycles. The molecule has 2 rings (SSSR count). The summed E-state index contributed by atoms with van der Waals surface area (Å²) in [5.41, 5.74) is 0.125. The van der Waals surface area contributed by atoms with Crippen LogP contribution >= 0.6 is 0 Å². The molecule has 0 aliphatic rings. The first-order valence-electron chi connectivity index (χ1n) is 5.43. The van der Waals surface area contributed by atoms with Crippen LogP contribution in [0.4, 0.5) is 0 Å². The Morgan fingerprint density at radius 1 is 1.42 bits per heavy atom. The molecule has 0 fully saturated rings. The Bertz CT molecular complexity index is 594. The predicted octanol–water partition coefficient (Wildman–Crippen LogP) is 1.66. The van der Waals surface area contributed by atoms with Gasteiger partial charge in [0, 0.05) is 6.92 Å². The molecular formula is C12H12N2O5. The Labute approximate surface area is 108 Å². The molecule has 0 saturated carbocycles. The molecule has 0 aliphatic heterocycles. The van der Waals surface area contributed by atoms with Crippen LogP contribution in [0, 0.1) is 6.92 Å². The number of carboxylic acid groups (broad SMARTS) is 1. The van der Waals surface area contributed by atoms with Crippen molar-refractivity contribution in [3.63, 3.8) is 0 Å². The lowest BCUT2D eigenvalue weighted by Gasteiger charge is -2.09. The number of carboxylic acids is 1. The summed E-state index contributed by atoms with van der Waals surface area (Å²) in [7, 11) is 1.44. The summed E-state index contributed by atoms with van der Waals surface area (Å²) >= 11 is 0. The van der Waals surface area contributed by atoms with Crippen LogP contribution in [0.2, 0.25) is 0 Å². The summed E-state index contributed by atoms with van der Waals surface area (Å²) in [6, 6.07) is 4.34. The molecule has 0 amide bonds. The van der Waals surface area contributed by atoms with E-state index in [4.69, 9.17) is 19.1 Å². The number of rotatable bonds is 5. The molecule has 7 heteroatoms. The summed E-state index contributed by atoms with van der Waals surface area (Å²) < 4.78 is 15.3. The largest absolute Gasteiger partial charge is 0.493 e. The Morgan fingerprint density at radius 3 is 2.79 bits per heavy atom. The molecule has 1 aromatic heterocycles. The number of benzene rings is 1. The molecule has 0 saturated heterocycles. The molecule has 0 aliphatic carbocycles. The molecule has 0 radical (unpaired) electrons. The van der Waals surface area contributed by atoms with Gasteiger partial charge in [-0.1, -0.05) is 5.16 Å². The van der Waals surface area contributed by atoms with Crippen LogP contribution < -0.4 is 9.47 Å². The van der Waals surface area contributed by atoms with Gasteiger partial charge in [0.1, 0.15) is 0 Å². The lowest BCUT2D eigenvalue weighted by Crippen LogP contribution is -2.02. The zero-order valence-electron chi connectivity index (χ0n) is 10.4. The zero-order valence-corrected chi connectivity index (χ0v) is 10.4. The van der Waals surface area contributed by atoms with Crippen molar-refractivity contribution in [2.75, 3.05) is 7.11 Å². The van der Waals surface area contributed by atoms with E-state index in [1.54, 1.807) is 6.92 Å². The Kier molecular flexibility index (Phi) is 3.65. The maximum absolute atomic E-state index is 10.8. The normalized spacial score (nSPS) is 10.2. The van der Waals surface area contributed by atoms with Crippen molar-refractivity contribution in [3.8, 4) is 11.5 Å². The van der Waals surface area contributed by atoms with Crippen LogP contribution in [0.5, 0.6) is 11.5 Å². The molecule has 100 valence electrons. The van der Waals surface area contributed by atoms with Crippen molar-refractivity contribution < 1.29 is 23.9 Å². The van der Waals surface area contributed by atoms with Crippen LogP contribution in [0.25, 0.3) is 0 Å². The standard InChI is InChI=1S/C12H12N2O5/c1-7-13-11(14-19-7)6-18-9-4-3-8(12(15)16)5-10(9)17-2/h3-5H,6H2,1-2H3,(H,15,16).